The summed E-state index contributed by atoms with van der Waals surface area (Å²) in [6, 6.07) is 4.05. The summed E-state index contributed by atoms with van der Waals surface area (Å²) >= 11 is 1.78. The Morgan fingerprint density at radius 1 is 1.38 bits per heavy atom. The van der Waals surface area contributed by atoms with E-state index in [2.05, 4.69) is 32.2 Å². The van der Waals surface area contributed by atoms with Crippen molar-refractivity contribution in [3.05, 3.63) is 39.8 Å². The summed E-state index contributed by atoms with van der Waals surface area (Å²) in [6.45, 7) is 5.01. The number of carbonyl (C=O) groups excluding carboxylic acids is 1. The fourth-order valence-corrected chi connectivity index (χ4v) is 3.68. The van der Waals surface area contributed by atoms with Crippen LogP contribution in [0.25, 0.3) is 0 Å². The van der Waals surface area contributed by atoms with Gasteiger partial charge in [0.2, 0.25) is 5.91 Å². The molecular formula is C17H25IN6OS. The van der Waals surface area contributed by atoms with Crippen molar-refractivity contribution in [1.82, 2.24) is 25.3 Å². The van der Waals surface area contributed by atoms with Crippen LogP contribution >= 0.6 is 35.3 Å². The van der Waals surface area contributed by atoms with Gasteiger partial charge < -0.3 is 15.5 Å². The molecule has 2 aromatic heterocycles. The van der Waals surface area contributed by atoms with Crippen LogP contribution in [0.4, 0.5) is 0 Å². The number of fused-ring (bicyclic) bond motifs is 1. The van der Waals surface area contributed by atoms with Crippen molar-refractivity contribution in [2.24, 2.45) is 12.0 Å². The minimum Gasteiger partial charge on any atom is -0.357 e. The highest BCUT2D eigenvalue weighted by Crippen LogP contribution is 2.23. The molecular weight excluding hydrogens is 463 g/mol. The number of nitrogens with one attached hydrogen (secondary N) is 2. The number of amides is 1. The third kappa shape index (κ3) is 5.19. The molecule has 142 valence electrons. The Kier molecular flexibility index (Phi) is 7.88. The molecule has 3 heterocycles. The van der Waals surface area contributed by atoms with Crippen LogP contribution in [0.2, 0.25) is 0 Å². The van der Waals surface area contributed by atoms with Crippen molar-refractivity contribution >= 4 is 47.2 Å². The molecule has 0 unspecified atom stereocenters. The van der Waals surface area contributed by atoms with Gasteiger partial charge in [0.05, 0.1) is 18.8 Å². The van der Waals surface area contributed by atoms with Gasteiger partial charge >= 0.3 is 0 Å². The highest BCUT2D eigenvalue weighted by molar-refractivity contribution is 14.0. The predicted molar refractivity (Wildman–Crippen MR) is 115 cm³/mol. The number of aromatic nitrogens is 2. The van der Waals surface area contributed by atoms with Gasteiger partial charge in [-0.15, -0.1) is 35.3 Å². The van der Waals surface area contributed by atoms with Gasteiger partial charge in [-0.05, 0) is 36.4 Å². The molecule has 2 aromatic rings. The number of hydrogen-bond donors (Lipinski definition) is 2. The predicted octanol–water partition coefficient (Wildman–Crippen LogP) is 1.74. The third-order valence-corrected chi connectivity index (χ3v) is 5.26. The minimum atomic E-state index is 0. The average molecular weight is 488 g/mol. The lowest BCUT2D eigenvalue weighted by atomic mass is 10.1. The molecule has 0 fully saturated rings. The molecule has 0 spiro atoms. The SMILES string of the molecule is CCNC(=NCc1ccnn1C)NCC(=O)N1CCc2sccc2C1.I. The number of nitrogens with zero attached hydrogens (tertiary/aromatic N) is 4. The molecule has 3 rings (SSSR count). The Morgan fingerprint density at radius 3 is 2.96 bits per heavy atom. The maximum atomic E-state index is 12.5. The topological polar surface area (TPSA) is 74.5 Å². The third-order valence-electron chi connectivity index (χ3n) is 4.23. The number of guanidine groups is 1. The number of rotatable bonds is 5. The smallest absolute Gasteiger partial charge is 0.242 e. The summed E-state index contributed by atoms with van der Waals surface area (Å²) in [7, 11) is 1.89. The Bertz CT molecular complexity index is 756. The van der Waals surface area contributed by atoms with Crippen molar-refractivity contribution < 1.29 is 4.79 Å². The van der Waals surface area contributed by atoms with E-state index in [9.17, 15) is 4.79 Å². The zero-order valence-corrected chi connectivity index (χ0v) is 18.2. The van der Waals surface area contributed by atoms with E-state index >= 15 is 0 Å². The molecule has 9 heteroatoms. The Hall–Kier alpha value is -1.62. The monoisotopic (exact) mass is 488 g/mol. The van der Waals surface area contributed by atoms with Crippen LogP contribution in [-0.2, 0) is 31.4 Å². The molecule has 0 bridgehead atoms. The van der Waals surface area contributed by atoms with Crippen LogP contribution in [0.1, 0.15) is 23.1 Å². The Morgan fingerprint density at radius 2 is 2.23 bits per heavy atom. The summed E-state index contributed by atoms with van der Waals surface area (Å²) in [4.78, 5) is 20.3. The van der Waals surface area contributed by atoms with Gasteiger partial charge in [-0.3, -0.25) is 9.48 Å². The molecule has 0 aliphatic carbocycles. The minimum absolute atomic E-state index is 0. The number of thiophene rings is 1. The first kappa shape index (κ1) is 20.7. The molecule has 0 aromatic carbocycles. The number of aryl methyl sites for hydroxylation is 1. The second-order valence-electron chi connectivity index (χ2n) is 5.93. The second kappa shape index (κ2) is 9.91. The summed E-state index contributed by atoms with van der Waals surface area (Å²) in [5.41, 5.74) is 2.30. The molecule has 1 amide bonds. The van der Waals surface area contributed by atoms with Crippen molar-refractivity contribution in [2.45, 2.75) is 26.4 Å². The lowest BCUT2D eigenvalue weighted by Gasteiger charge is -2.27. The normalized spacial score (nSPS) is 13.8. The highest BCUT2D eigenvalue weighted by atomic mass is 127. The summed E-state index contributed by atoms with van der Waals surface area (Å²) < 4.78 is 1.80. The van der Waals surface area contributed by atoms with E-state index in [4.69, 9.17) is 0 Å². The van der Waals surface area contributed by atoms with E-state index in [0.717, 1.165) is 25.2 Å². The van der Waals surface area contributed by atoms with Gasteiger partial charge in [-0.1, -0.05) is 0 Å². The fraction of sp³-hybridized carbons (Fsp3) is 0.471. The van der Waals surface area contributed by atoms with E-state index < -0.39 is 0 Å². The van der Waals surface area contributed by atoms with Gasteiger partial charge in [-0.2, -0.15) is 5.10 Å². The number of hydrogen-bond acceptors (Lipinski definition) is 4. The quantitative estimate of drug-likeness (QED) is 0.382. The maximum absolute atomic E-state index is 12.5. The second-order valence-corrected chi connectivity index (χ2v) is 6.93. The maximum Gasteiger partial charge on any atom is 0.242 e. The van der Waals surface area contributed by atoms with Crippen LogP contribution in [-0.4, -0.2) is 46.2 Å². The van der Waals surface area contributed by atoms with Crippen LogP contribution in [0, 0.1) is 0 Å². The number of aliphatic imine (C=N–C) groups is 1. The summed E-state index contributed by atoms with van der Waals surface area (Å²) in [5, 5.41) is 12.6. The van der Waals surface area contributed by atoms with E-state index in [0.29, 0.717) is 19.0 Å². The lowest BCUT2D eigenvalue weighted by Crippen LogP contribution is -2.45. The van der Waals surface area contributed by atoms with Crippen molar-refractivity contribution in [3.63, 3.8) is 0 Å². The van der Waals surface area contributed by atoms with E-state index in [1.165, 1.54) is 10.4 Å². The molecule has 2 N–H and O–H groups in total. The van der Waals surface area contributed by atoms with Crippen LogP contribution in [0.3, 0.4) is 0 Å². The lowest BCUT2D eigenvalue weighted by molar-refractivity contribution is -0.130. The standard InChI is InChI=1S/C17H24N6OS.HI/c1-3-18-17(19-10-14-4-7-21-22(14)2)20-11-16(24)23-8-5-15-13(12-23)6-9-25-15;/h4,6-7,9H,3,5,8,10-12H2,1-2H3,(H2,18,19,20);1H. The first-order valence-electron chi connectivity index (χ1n) is 8.49. The van der Waals surface area contributed by atoms with Crippen LogP contribution in [0.15, 0.2) is 28.7 Å². The molecule has 0 radical (unpaired) electrons. The molecule has 1 aliphatic rings. The number of carbonyl (C=O) groups is 1. The largest absolute Gasteiger partial charge is 0.357 e. The van der Waals surface area contributed by atoms with E-state index in [1.54, 1.807) is 22.2 Å². The summed E-state index contributed by atoms with van der Waals surface area (Å²) in [6.07, 6.45) is 2.71. The molecule has 0 atom stereocenters. The zero-order valence-electron chi connectivity index (χ0n) is 15.1. The van der Waals surface area contributed by atoms with E-state index in [1.807, 2.05) is 24.9 Å². The molecule has 0 saturated carbocycles. The van der Waals surface area contributed by atoms with Crippen molar-refractivity contribution in [2.75, 3.05) is 19.6 Å². The van der Waals surface area contributed by atoms with Gasteiger partial charge in [0.25, 0.3) is 0 Å². The van der Waals surface area contributed by atoms with Gasteiger partial charge in [0, 0.05) is 37.8 Å². The fourth-order valence-electron chi connectivity index (χ4n) is 2.79. The number of halogens is 1. The zero-order chi connectivity index (χ0) is 17.6. The van der Waals surface area contributed by atoms with Crippen LogP contribution in [0.5, 0.6) is 0 Å². The first-order chi connectivity index (χ1) is 12.2. The van der Waals surface area contributed by atoms with Gasteiger partial charge in [-0.25, -0.2) is 4.99 Å². The highest BCUT2D eigenvalue weighted by Gasteiger charge is 2.21. The molecule has 1 aliphatic heterocycles. The molecule has 26 heavy (non-hydrogen) atoms. The van der Waals surface area contributed by atoms with E-state index in [-0.39, 0.29) is 36.4 Å². The van der Waals surface area contributed by atoms with Crippen LogP contribution < -0.4 is 10.6 Å². The Balaban J connectivity index is 0.00000243. The Labute approximate surface area is 174 Å². The summed E-state index contributed by atoms with van der Waals surface area (Å²) in [5.74, 6) is 0.744. The van der Waals surface area contributed by atoms with Crippen molar-refractivity contribution in [1.29, 1.82) is 0 Å². The first-order valence-corrected chi connectivity index (χ1v) is 9.37. The van der Waals surface area contributed by atoms with Gasteiger partial charge in [0.1, 0.15) is 0 Å². The average Bonchev–Trinajstić information content (AvgIpc) is 3.25. The van der Waals surface area contributed by atoms with Crippen molar-refractivity contribution in [3.8, 4) is 0 Å². The molecule has 7 nitrogen and oxygen atoms in total. The molecule has 0 saturated heterocycles. The van der Waals surface area contributed by atoms with Gasteiger partial charge in [0.15, 0.2) is 5.96 Å².